The molecule has 0 aliphatic rings. The van der Waals surface area contributed by atoms with Crippen molar-refractivity contribution in [2.24, 2.45) is 0 Å². The van der Waals surface area contributed by atoms with Crippen LogP contribution in [0.5, 0.6) is 0 Å². The number of hydrogen-bond acceptors (Lipinski definition) is 5. The molecule has 0 N–H and O–H groups in total. The number of pyridine rings is 1. The second-order valence-electron chi connectivity index (χ2n) is 13.8. The van der Waals surface area contributed by atoms with Gasteiger partial charge in [-0.2, -0.15) is 0 Å². The maximum atomic E-state index is 5.28. The normalized spacial score (nSPS) is 11.6. The molecule has 256 valence electrons. The highest BCUT2D eigenvalue weighted by Gasteiger charge is 2.18. The summed E-state index contributed by atoms with van der Waals surface area (Å²) in [6.07, 6.45) is 0. The van der Waals surface area contributed by atoms with Crippen molar-refractivity contribution < 1.29 is 0 Å². The van der Waals surface area contributed by atoms with Gasteiger partial charge in [-0.15, -0.1) is 11.3 Å². The molecule has 3 heterocycles. The zero-order valence-electron chi connectivity index (χ0n) is 29.5. The Hall–Kier alpha value is -7.08. The van der Waals surface area contributed by atoms with Gasteiger partial charge in [0.1, 0.15) is 0 Å². The third kappa shape index (κ3) is 5.44. The first-order valence-electron chi connectivity index (χ1n) is 18.4. The maximum absolute atomic E-state index is 5.28. The molecule has 0 atom stereocenters. The van der Waals surface area contributed by atoms with E-state index < -0.39 is 0 Å². The number of fused-ring (bicyclic) bond motifs is 8. The molecule has 11 aromatic rings. The summed E-state index contributed by atoms with van der Waals surface area (Å²) in [7, 11) is 0. The van der Waals surface area contributed by atoms with Gasteiger partial charge in [0.15, 0.2) is 17.5 Å². The molecule has 0 spiro atoms. The molecule has 4 nitrogen and oxygen atoms in total. The topological polar surface area (TPSA) is 51.6 Å². The average Bonchev–Trinajstić information content (AvgIpc) is 3.66. The Morgan fingerprint density at radius 3 is 1.75 bits per heavy atom. The van der Waals surface area contributed by atoms with Crippen molar-refractivity contribution in [2.75, 3.05) is 0 Å². The molecule has 0 radical (unpaired) electrons. The van der Waals surface area contributed by atoms with Crippen molar-refractivity contribution in [1.29, 1.82) is 0 Å². The fraction of sp³-hybridized carbons (Fsp3) is 0. The smallest absolute Gasteiger partial charge is 0.164 e. The van der Waals surface area contributed by atoms with Crippen LogP contribution in [0.25, 0.3) is 109 Å². The Balaban J connectivity index is 1.02. The standard InChI is InChI=1S/C50H30N4S/c1-2-12-33(13-3-1)48-52-49(34-24-21-31(22-25-34)35-27-28-40-36(29-35)26-23-32-11-4-5-16-39(32)40)54-50(53-48)38-15-10-14-37(30-38)46-45-42-18-7-9-20-44(42)55-47(45)41-17-6-8-19-43(41)51-46/h1-30H. The lowest BCUT2D eigenvalue weighted by Gasteiger charge is -2.11. The van der Waals surface area contributed by atoms with Crippen molar-refractivity contribution in [2.45, 2.75) is 0 Å². The molecule has 3 aromatic heterocycles. The summed E-state index contributed by atoms with van der Waals surface area (Å²) < 4.78 is 2.50. The summed E-state index contributed by atoms with van der Waals surface area (Å²) >= 11 is 1.83. The van der Waals surface area contributed by atoms with Crippen molar-refractivity contribution >= 4 is 64.0 Å². The van der Waals surface area contributed by atoms with Gasteiger partial charge in [0.05, 0.1) is 11.2 Å². The first kappa shape index (κ1) is 31.4. The highest BCUT2D eigenvalue weighted by molar-refractivity contribution is 7.26. The Kier molecular flexibility index (Phi) is 7.32. The van der Waals surface area contributed by atoms with Gasteiger partial charge >= 0.3 is 0 Å². The summed E-state index contributed by atoms with van der Waals surface area (Å²) in [4.78, 5) is 20.5. The van der Waals surface area contributed by atoms with E-state index in [1.165, 1.54) is 52.7 Å². The molecule has 55 heavy (non-hydrogen) atoms. The zero-order chi connectivity index (χ0) is 36.3. The van der Waals surface area contributed by atoms with Crippen molar-refractivity contribution in [3.05, 3.63) is 182 Å². The minimum absolute atomic E-state index is 0.615. The minimum Gasteiger partial charge on any atom is -0.247 e. The highest BCUT2D eigenvalue weighted by atomic mass is 32.1. The Morgan fingerprint density at radius 2 is 0.909 bits per heavy atom. The lowest BCUT2D eigenvalue weighted by molar-refractivity contribution is 1.07. The quantitative estimate of drug-likeness (QED) is 0.166. The molecule has 8 aromatic carbocycles. The van der Waals surface area contributed by atoms with Crippen molar-refractivity contribution in [3.63, 3.8) is 0 Å². The second kappa shape index (κ2) is 12.8. The van der Waals surface area contributed by atoms with Gasteiger partial charge in [-0.3, -0.25) is 0 Å². The van der Waals surface area contributed by atoms with Crippen LogP contribution < -0.4 is 0 Å². The first-order valence-corrected chi connectivity index (χ1v) is 19.2. The van der Waals surface area contributed by atoms with Crippen LogP contribution in [0.2, 0.25) is 0 Å². The number of nitrogens with zero attached hydrogens (tertiary/aromatic N) is 4. The molecule has 0 bridgehead atoms. The zero-order valence-corrected chi connectivity index (χ0v) is 30.3. The molecule has 0 fully saturated rings. The van der Waals surface area contributed by atoms with E-state index in [0.717, 1.165) is 39.0 Å². The van der Waals surface area contributed by atoms with Gasteiger partial charge in [0.25, 0.3) is 0 Å². The Bertz CT molecular complexity index is 3260. The predicted molar refractivity (Wildman–Crippen MR) is 230 cm³/mol. The molecule has 0 aliphatic heterocycles. The van der Waals surface area contributed by atoms with Gasteiger partial charge < -0.3 is 0 Å². The largest absolute Gasteiger partial charge is 0.247 e. The number of para-hydroxylation sites is 1. The van der Waals surface area contributed by atoms with Gasteiger partial charge in [-0.25, -0.2) is 19.9 Å². The van der Waals surface area contributed by atoms with Crippen molar-refractivity contribution in [1.82, 2.24) is 19.9 Å². The van der Waals surface area contributed by atoms with E-state index >= 15 is 0 Å². The number of rotatable bonds is 5. The summed E-state index contributed by atoms with van der Waals surface area (Å²) in [5.41, 5.74) is 8.04. The highest BCUT2D eigenvalue weighted by Crippen LogP contribution is 2.43. The monoisotopic (exact) mass is 718 g/mol. The van der Waals surface area contributed by atoms with Crippen LogP contribution in [0.4, 0.5) is 0 Å². The summed E-state index contributed by atoms with van der Waals surface area (Å²) in [6, 6.07) is 63.9. The van der Waals surface area contributed by atoms with Crippen molar-refractivity contribution in [3.8, 4) is 56.5 Å². The van der Waals surface area contributed by atoms with E-state index in [-0.39, 0.29) is 0 Å². The SMILES string of the molecule is c1ccc(-c2nc(-c3ccc(-c4ccc5c(ccc6ccccc65)c4)cc3)nc(-c3cccc(-c4nc5ccccc5c5sc6ccccc6c45)c3)n2)cc1. The number of benzene rings is 8. The summed E-state index contributed by atoms with van der Waals surface area (Å²) in [5.74, 6) is 1.87. The average molecular weight is 719 g/mol. The Labute approximate surface area is 321 Å². The van der Waals surface area contributed by atoms with Crippen LogP contribution in [-0.4, -0.2) is 19.9 Å². The second-order valence-corrected chi connectivity index (χ2v) is 14.9. The minimum atomic E-state index is 0.615. The number of aromatic nitrogens is 4. The van der Waals surface area contributed by atoms with E-state index in [0.29, 0.717) is 17.5 Å². The lowest BCUT2D eigenvalue weighted by Crippen LogP contribution is -2.00. The van der Waals surface area contributed by atoms with E-state index in [1.54, 1.807) is 0 Å². The molecule has 0 unspecified atom stereocenters. The Morgan fingerprint density at radius 1 is 0.327 bits per heavy atom. The molecule has 0 aliphatic carbocycles. The molecular weight excluding hydrogens is 689 g/mol. The van der Waals surface area contributed by atoms with Crippen LogP contribution in [0.15, 0.2) is 182 Å². The fourth-order valence-corrected chi connectivity index (χ4v) is 9.02. The van der Waals surface area contributed by atoms with E-state index in [1.807, 2.05) is 41.7 Å². The maximum Gasteiger partial charge on any atom is 0.164 e. The molecular formula is C50H30N4S. The van der Waals surface area contributed by atoms with Crippen LogP contribution >= 0.6 is 11.3 Å². The van der Waals surface area contributed by atoms with Crippen LogP contribution in [0, 0.1) is 0 Å². The van der Waals surface area contributed by atoms with E-state index in [2.05, 4.69) is 152 Å². The van der Waals surface area contributed by atoms with Gasteiger partial charge in [-0.05, 0) is 56.9 Å². The van der Waals surface area contributed by atoms with E-state index in [9.17, 15) is 0 Å². The molecule has 0 saturated heterocycles. The van der Waals surface area contributed by atoms with Gasteiger partial charge in [0, 0.05) is 47.8 Å². The van der Waals surface area contributed by atoms with Gasteiger partial charge in [-0.1, -0.05) is 158 Å². The van der Waals surface area contributed by atoms with Crippen LogP contribution in [-0.2, 0) is 0 Å². The molecule has 0 amide bonds. The predicted octanol–water partition coefficient (Wildman–Crippen LogP) is 13.4. The molecule has 0 saturated carbocycles. The van der Waals surface area contributed by atoms with E-state index in [4.69, 9.17) is 19.9 Å². The summed E-state index contributed by atoms with van der Waals surface area (Å²) in [5, 5.41) is 8.59. The van der Waals surface area contributed by atoms with Crippen LogP contribution in [0.1, 0.15) is 0 Å². The first-order chi connectivity index (χ1) is 27.2. The van der Waals surface area contributed by atoms with Gasteiger partial charge in [0.2, 0.25) is 0 Å². The fourth-order valence-electron chi connectivity index (χ4n) is 7.78. The lowest BCUT2D eigenvalue weighted by atomic mass is 9.97. The number of hydrogen-bond donors (Lipinski definition) is 0. The third-order valence-electron chi connectivity index (χ3n) is 10.5. The summed E-state index contributed by atoms with van der Waals surface area (Å²) in [6.45, 7) is 0. The molecule has 5 heteroatoms. The number of thiophene rings is 1. The van der Waals surface area contributed by atoms with Crippen LogP contribution in [0.3, 0.4) is 0 Å². The molecule has 11 rings (SSSR count). The third-order valence-corrected chi connectivity index (χ3v) is 11.7.